The molecule has 1 aliphatic heterocycles. The number of hydrogen-bond donors (Lipinski definition) is 1. The first-order valence-electron chi connectivity index (χ1n) is 7.61. The average Bonchev–Trinajstić information content (AvgIpc) is 2.99. The van der Waals surface area contributed by atoms with Gasteiger partial charge in [0.25, 0.3) is 5.91 Å². The maximum Gasteiger partial charge on any atom is 0.435 e. The van der Waals surface area contributed by atoms with Gasteiger partial charge in [0.15, 0.2) is 11.4 Å². The highest BCUT2D eigenvalue weighted by Crippen LogP contribution is 2.33. The molecule has 0 bridgehead atoms. The molecule has 1 amide bonds. The van der Waals surface area contributed by atoms with Crippen molar-refractivity contribution in [3.05, 3.63) is 41.5 Å². The van der Waals surface area contributed by atoms with Crippen molar-refractivity contribution >= 4 is 18.3 Å². The molecule has 1 aromatic carbocycles. The highest BCUT2D eigenvalue weighted by molar-refractivity contribution is 5.93. The summed E-state index contributed by atoms with van der Waals surface area (Å²) in [5.74, 6) is -1.61. The number of nitrogens with two attached hydrogens (primary N) is 1. The third-order valence-electron chi connectivity index (χ3n) is 3.94. The summed E-state index contributed by atoms with van der Waals surface area (Å²) >= 11 is 0. The first-order valence-corrected chi connectivity index (χ1v) is 7.61. The molecule has 142 valence electrons. The molecule has 0 aliphatic carbocycles. The van der Waals surface area contributed by atoms with Gasteiger partial charge < -0.3 is 10.6 Å². The fourth-order valence-corrected chi connectivity index (χ4v) is 2.81. The van der Waals surface area contributed by atoms with Gasteiger partial charge in [-0.15, -0.1) is 17.5 Å². The summed E-state index contributed by atoms with van der Waals surface area (Å²) in [4.78, 5) is 13.7. The SMILES string of the molecule is Cl.NC1CCCN(C(=O)c2nnn(-c3cccc(F)c3)c2C(F)(F)F)C1. The van der Waals surface area contributed by atoms with Crippen molar-refractivity contribution in [2.75, 3.05) is 13.1 Å². The lowest BCUT2D eigenvalue weighted by atomic mass is 10.1. The number of amides is 1. The molecule has 1 aromatic heterocycles. The van der Waals surface area contributed by atoms with Crippen LogP contribution in [-0.2, 0) is 6.18 Å². The lowest BCUT2D eigenvalue weighted by Gasteiger charge is -2.30. The van der Waals surface area contributed by atoms with Crippen molar-refractivity contribution in [3.63, 3.8) is 0 Å². The average molecular weight is 394 g/mol. The fraction of sp³-hybridized carbons (Fsp3) is 0.400. The first kappa shape index (κ1) is 20.1. The van der Waals surface area contributed by atoms with E-state index < -0.39 is 29.3 Å². The first-order chi connectivity index (χ1) is 11.8. The Morgan fingerprint density at radius 3 is 2.65 bits per heavy atom. The van der Waals surface area contributed by atoms with Crippen LogP contribution in [0.25, 0.3) is 5.69 Å². The lowest BCUT2D eigenvalue weighted by molar-refractivity contribution is -0.143. The molecule has 0 spiro atoms. The Labute approximate surface area is 152 Å². The number of benzene rings is 1. The van der Waals surface area contributed by atoms with E-state index in [1.54, 1.807) is 0 Å². The Hall–Kier alpha value is -2.20. The number of hydrogen-bond acceptors (Lipinski definition) is 4. The van der Waals surface area contributed by atoms with Gasteiger partial charge in [0.05, 0.1) is 5.69 Å². The second-order valence-corrected chi connectivity index (χ2v) is 5.83. The highest BCUT2D eigenvalue weighted by Gasteiger charge is 2.43. The van der Waals surface area contributed by atoms with E-state index in [2.05, 4.69) is 10.3 Å². The van der Waals surface area contributed by atoms with E-state index in [1.807, 2.05) is 0 Å². The summed E-state index contributed by atoms with van der Waals surface area (Å²) in [6.07, 6.45) is -3.59. The molecule has 1 unspecified atom stereocenters. The number of alkyl halides is 3. The zero-order chi connectivity index (χ0) is 18.2. The minimum atomic E-state index is -4.89. The molecule has 1 fully saturated rings. The lowest BCUT2D eigenvalue weighted by Crippen LogP contribution is -2.46. The molecule has 3 rings (SSSR count). The molecule has 26 heavy (non-hydrogen) atoms. The quantitative estimate of drug-likeness (QED) is 0.795. The van der Waals surface area contributed by atoms with Crippen LogP contribution in [0.3, 0.4) is 0 Å². The van der Waals surface area contributed by atoms with Crippen molar-refractivity contribution in [3.8, 4) is 5.69 Å². The summed E-state index contributed by atoms with van der Waals surface area (Å²) < 4.78 is 54.4. The van der Waals surface area contributed by atoms with Crippen molar-refractivity contribution in [2.45, 2.75) is 25.1 Å². The molecule has 2 aromatic rings. The van der Waals surface area contributed by atoms with Crippen LogP contribution >= 0.6 is 12.4 Å². The number of likely N-dealkylation sites (tertiary alicyclic amines) is 1. The van der Waals surface area contributed by atoms with Crippen LogP contribution in [0.4, 0.5) is 17.6 Å². The van der Waals surface area contributed by atoms with E-state index in [0.717, 1.165) is 12.1 Å². The minimum Gasteiger partial charge on any atom is -0.336 e. The van der Waals surface area contributed by atoms with Gasteiger partial charge in [-0.25, -0.2) is 9.07 Å². The third-order valence-corrected chi connectivity index (χ3v) is 3.94. The number of halogens is 5. The van der Waals surface area contributed by atoms with Gasteiger partial charge in [-0.05, 0) is 31.0 Å². The molecule has 1 aliphatic rings. The van der Waals surface area contributed by atoms with E-state index in [-0.39, 0.29) is 30.7 Å². The number of aromatic nitrogens is 3. The van der Waals surface area contributed by atoms with Crippen LogP contribution in [0.2, 0.25) is 0 Å². The maximum atomic E-state index is 13.5. The zero-order valence-electron chi connectivity index (χ0n) is 13.4. The molecule has 1 saturated heterocycles. The largest absolute Gasteiger partial charge is 0.435 e. The number of piperidine rings is 1. The van der Waals surface area contributed by atoms with Gasteiger partial charge in [-0.3, -0.25) is 4.79 Å². The normalized spacial score (nSPS) is 17.7. The summed E-state index contributed by atoms with van der Waals surface area (Å²) in [6, 6.07) is 4.19. The number of carbonyl (C=O) groups excluding carboxylic acids is 1. The second kappa shape index (κ2) is 7.58. The van der Waals surface area contributed by atoms with Crippen molar-refractivity contribution in [2.24, 2.45) is 5.73 Å². The predicted octanol–water partition coefficient (Wildman–Crippen LogP) is 2.41. The minimum absolute atomic E-state index is 0. The van der Waals surface area contributed by atoms with Gasteiger partial charge in [-0.2, -0.15) is 13.2 Å². The van der Waals surface area contributed by atoms with E-state index in [1.165, 1.54) is 17.0 Å². The molecule has 11 heteroatoms. The monoisotopic (exact) mass is 393 g/mol. The van der Waals surface area contributed by atoms with Gasteiger partial charge in [-0.1, -0.05) is 11.3 Å². The van der Waals surface area contributed by atoms with Crippen molar-refractivity contribution in [1.29, 1.82) is 0 Å². The Bertz CT molecular complexity index is 795. The number of rotatable bonds is 2. The molecule has 0 radical (unpaired) electrons. The van der Waals surface area contributed by atoms with Crippen LogP contribution in [0, 0.1) is 5.82 Å². The van der Waals surface area contributed by atoms with Crippen LogP contribution < -0.4 is 5.73 Å². The summed E-state index contributed by atoms with van der Waals surface area (Å²) in [7, 11) is 0. The van der Waals surface area contributed by atoms with Gasteiger partial charge in [0.2, 0.25) is 0 Å². The highest BCUT2D eigenvalue weighted by atomic mass is 35.5. The fourth-order valence-electron chi connectivity index (χ4n) is 2.81. The summed E-state index contributed by atoms with van der Waals surface area (Å²) in [5, 5.41) is 6.86. The van der Waals surface area contributed by atoms with Crippen LogP contribution in [0.1, 0.15) is 29.0 Å². The number of carbonyl (C=O) groups is 1. The topological polar surface area (TPSA) is 77.0 Å². The third kappa shape index (κ3) is 3.96. The van der Waals surface area contributed by atoms with E-state index in [4.69, 9.17) is 5.73 Å². The molecule has 2 N–H and O–H groups in total. The van der Waals surface area contributed by atoms with Crippen LogP contribution in [-0.4, -0.2) is 44.9 Å². The van der Waals surface area contributed by atoms with E-state index in [0.29, 0.717) is 24.1 Å². The van der Waals surface area contributed by atoms with Gasteiger partial charge >= 0.3 is 6.18 Å². The predicted molar refractivity (Wildman–Crippen MR) is 86.7 cm³/mol. The standard InChI is InChI=1S/C15H15F4N5O.ClH/c16-9-3-1-5-11(7-9)24-13(15(17,18)19)12(21-22-24)14(25)23-6-2-4-10(20)8-23;/h1,3,5,7,10H,2,4,6,8,20H2;1H. The molecular formula is C15H16ClF4N5O. The summed E-state index contributed by atoms with van der Waals surface area (Å²) in [6.45, 7) is 0.458. The Balaban J connectivity index is 0.00000243. The van der Waals surface area contributed by atoms with Gasteiger partial charge in [0.1, 0.15) is 5.82 Å². The smallest absolute Gasteiger partial charge is 0.336 e. The molecular weight excluding hydrogens is 378 g/mol. The van der Waals surface area contributed by atoms with E-state index >= 15 is 0 Å². The number of nitrogens with zero attached hydrogens (tertiary/aromatic N) is 4. The molecule has 6 nitrogen and oxygen atoms in total. The molecule has 2 heterocycles. The zero-order valence-corrected chi connectivity index (χ0v) is 14.2. The maximum absolute atomic E-state index is 13.5. The van der Waals surface area contributed by atoms with Gasteiger partial charge in [0, 0.05) is 19.1 Å². The van der Waals surface area contributed by atoms with Crippen LogP contribution in [0.5, 0.6) is 0 Å². The van der Waals surface area contributed by atoms with E-state index in [9.17, 15) is 22.4 Å². The van der Waals surface area contributed by atoms with Crippen LogP contribution in [0.15, 0.2) is 24.3 Å². The van der Waals surface area contributed by atoms with Crippen molar-refractivity contribution < 1.29 is 22.4 Å². The second-order valence-electron chi connectivity index (χ2n) is 5.83. The Morgan fingerprint density at radius 2 is 2.04 bits per heavy atom. The Morgan fingerprint density at radius 1 is 1.31 bits per heavy atom. The Kier molecular flexibility index (Phi) is 5.87. The van der Waals surface area contributed by atoms with Crippen molar-refractivity contribution in [1.82, 2.24) is 19.9 Å². The molecule has 0 saturated carbocycles. The summed E-state index contributed by atoms with van der Waals surface area (Å²) in [5.41, 5.74) is 3.46. The molecule has 1 atom stereocenters.